The summed E-state index contributed by atoms with van der Waals surface area (Å²) >= 11 is 0. The molecule has 1 unspecified atom stereocenters. The van der Waals surface area contributed by atoms with Crippen molar-refractivity contribution < 1.29 is 0 Å². The highest BCUT2D eigenvalue weighted by atomic mass is 15.3. The average Bonchev–Trinajstić information content (AvgIpc) is 2.70. The molecule has 1 heterocycles. The summed E-state index contributed by atoms with van der Waals surface area (Å²) in [7, 11) is 2.00. The number of aromatic nitrogens is 2. The van der Waals surface area contributed by atoms with Crippen molar-refractivity contribution in [2.75, 3.05) is 5.32 Å². The number of rotatable bonds is 4. The van der Waals surface area contributed by atoms with E-state index in [0.717, 1.165) is 12.3 Å². The third-order valence-electron chi connectivity index (χ3n) is 3.98. The molecule has 1 aromatic rings. The molecule has 0 aliphatic heterocycles. The second kappa shape index (κ2) is 5.56. The van der Waals surface area contributed by atoms with Crippen LogP contribution in [0, 0.1) is 5.92 Å². The van der Waals surface area contributed by atoms with Crippen molar-refractivity contribution in [1.82, 2.24) is 9.78 Å². The molecule has 2 rings (SSSR count). The van der Waals surface area contributed by atoms with Gasteiger partial charge in [-0.15, -0.1) is 0 Å². The van der Waals surface area contributed by atoms with E-state index in [1.165, 1.54) is 43.5 Å². The largest absolute Gasteiger partial charge is 0.380 e. The third-order valence-corrected chi connectivity index (χ3v) is 3.98. The molecule has 1 aliphatic rings. The van der Waals surface area contributed by atoms with Crippen LogP contribution in [0.15, 0.2) is 6.20 Å². The summed E-state index contributed by atoms with van der Waals surface area (Å²) < 4.78 is 1.91. The molecule has 17 heavy (non-hydrogen) atoms. The fourth-order valence-corrected chi connectivity index (χ4v) is 2.91. The Kier molecular flexibility index (Phi) is 4.08. The number of aryl methyl sites for hydroxylation is 2. The van der Waals surface area contributed by atoms with Gasteiger partial charge in [0.25, 0.3) is 0 Å². The zero-order valence-electron chi connectivity index (χ0n) is 11.4. The molecule has 1 atom stereocenters. The first-order valence-corrected chi connectivity index (χ1v) is 6.99. The Morgan fingerprint density at radius 1 is 1.41 bits per heavy atom. The fraction of sp³-hybridized carbons (Fsp3) is 0.786. The van der Waals surface area contributed by atoms with Crippen LogP contribution < -0.4 is 5.32 Å². The van der Waals surface area contributed by atoms with E-state index in [2.05, 4.69) is 30.5 Å². The monoisotopic (exact) mass is 235 g/mol. The van der Waals surface area contributed by atoms with E-state index in [1.54, 1.807) is 0 Å². The zero-order chi connectivity index (χ0) is 12.3. The maximum Gasteiger partial charge on any atom is 0.0853 e. The molecule has 0 aromatic carbocycles. The van der Waals surface area contributed by atoms with Gasteiger partial charge in [0.15, 0.2) is 0 Å². The zero-order valence-corrected chi connectivity index (χ0v) is 11.4. The SMILES string of the molecule is CCc1nn(C)cc1NC(C)C1CCCCC1. The van der Waals surface area contributed by atoms with Crippen LogP contribution in [0.5, 0.6) is 0 Å². The van der Waals surface area contributed by atoms with Crippen molar-refractivity contribution in [1.29, 1.82) is 0 Å². The van der Waals surface area contributed by atoms with Crippen LogP contribution in [0.4, 0.5) is 5.69 Å². The van der Waals surface area contributed by atoms with Crippen molar-refractivity contribution in [3.63, 3.8) is 0 Å². The first-order chi connectivity index (χ1) is 8.20. The van der Waals surface area contributed by atoms with Crippen LogP contribution in [0.3, 0.4) is 0 Å². The van der Waals surface area contributed by atoms with E-state index in [4.69, 9.17) is 0 Å². The first kappa shape index (κ1) is 12.5. The van der Waals surface area contributed by atoms with Gasteiger partial charge < -0.3 is 5.32 Å². The summed E-state index contributed by atoms with van der Waals surface area (Å²) in [5.41, 5.74) is 2.42. The highest BCUT2D eigenvalue weighted by molar-refractivity contribution is 5.47. The van der Waals surface area contributed by atoms with Crippen LogP contribution >= 0.6 is 0 Å². The molecule has 0 bridgehead atoms. The summed E-state index contributed by atoms with van der Waals surface area (Å²) in [5.74, 6) is 0.841. The van der Waals surface area contributed by atoms with Gasteiger partial charge in [-0.05, 0) is 32.1 Å². The number of hydrogen-bond acceptors (Lipinski definition) is 2. The van der Waals surface area contributed by atoms with Gasteiger partial charge in [-0.3, -0.25) is 4.68 Å². The summed E-state index contributed by atoms with van der Waals surface area (Å²) in [6.45, 7) is 4.49. The maximum atomic E-state index is 4.48. The molecule has 0 saturated heterocycles. The van der Waals surface area contributed by atoms with Crippen molar-refractivity contribution in [3.05, 3.63) is 11.9 Å². The van der Waals surface area contributed by atoms with Crippen LogP contribution in [0.2, 0.25) is 0 Å². The Morgan fingerprint density at radius 2 is 2.12 bits per heavy atom. The highest BCUT2D eigenvalue weighted by Crippen LogP contribution is 2.28. The molecule has 1 N–H and O–H groups in total. The van der Waals surface area contributed by atoms with Gasteiger partial charge in [0.05, 0.1) is 11.4 Å². The number of nitrogens with zero attached hydrogens (tertiary/aromatic N) is 2. The molecule has 1 fully saturated rings. The van der Waals surface area contributed by atoms with Gasteiger partial charge in [-0.1, -0.05) is 26.2 Å². The summed E-state index contributed by atoms with van der Waals surface area (Å²) in [6.07, 6.45) is 10.1. The lowest BCUT2D eigenvalue weighted by atomic mass is 9.84. The molecule has 0 amide bonds. The Bertz CT molecular complexity index is 350. The molecule has 0 radical (unpaired) electrons. The van der Waals surface area contributed by atoms with Crippen molar-refractivity contribution >= 4 is 5.69 Å². The lowest BCUT2D eigenvalue weighted by Crippen LogP contribution is -2.27. The van der Waals surface area contributed by atoms with E-state index < -0.39 is 0 Å². The standard InChI is InChI=1S/C14H25N3/c1-4-13-14(10-17(3)16-13)15-11(2)12-8-6-5-7-9-12/h10-12,15H,4-9H2,1-3H3. The van der Waals surface area contributed by atoms with Crippen LogP contribution in [0.25, 0.3) is 0 Å². The molecule has 3 heteroatoms. The summed E-state index contributed by atoms with van der Waals surface area (Å²) in [4.78, 5) is 0. The normalized spacial score (nSPS) is 19.2. The van der Waals surface area contributed by atoms with E-state index in [0.29, 0.717) is 6.04 Å². The molecular formula is C14H25N3. The molecule has 3 nitrogen and oxygen atoms in total. The second-order valence-electron chi connectivity index (χ2n) is 5.35. The van der Waals surface area contributed by atoms with Crippen LogP contribution in [-0.2, 0) is 13.5 Å². The molecular weight excluding hydrogens is 210 g/mol. The average molecular weight is 235 g/mol. The van der Waals surface area contributed by atoms with E-state index >= 15 is 0 Å². The van der Waals surface area contributed by atoms with Gasteiger partial charge in [0.1, 0.15) is 0 Å². The Labute approximate surface area is 105 Å². The molecule has 96 valence electrons. The predicted molar refractivity (Wildman–Crippen MR) is 72.2 cm³/mol. The second-order valence-corrected chi connectivity index (χ2v) is 5.35. The number of hydrogen-bond donors (Lipinski definition) is 1. The van der Waals surface area contributed by atoms with Gasteiger partial charge in [-0.25, -0.2) is 0 Å². The van der Waals surface area contributed by atoms with Crippen molar-refractivity contribution in [2.24, 2.45) is 13.0 Å². The van der Waals surface area contributed by atoms with E-state index in [1.807, 2.05) is 11.7 Å². The van der Waals surface area contributed by atoms with Gasteiger partial charge in [-0.2, -0.15) is 5.10 Å². The predicted octanol–water partition coefficient (Wildman–Crippen LogP) is 3.36. The lowest BCUT2D eigenvalue weighted by molar-refractivity contribution is 0.328. The van der Waals surface area contributed by atoms with Gasteiger partial charge >= 0.3 is 0 Å². The molecule has 0 spiro atoms. The Morgan fingerprint density at radius 3 is 2.76 bits per heavy atom. The minimum atomic E-state index is 0.574. The number of nitrogens with one attached hydrogen (secondary N) is 1. The van der Waals surface area contributed by atoms with Crippen LogP contribution in [-0.4, -0.2) is 15.8 Å². The molecule has 1 aliphatic carbocycles. The Hall–Kier alpha value is -0.990. The quantitative estimate of drug-likeness (QED) is 0.867. The minimum absolute atomic E-state index is 0.574. The minimum Gasteiger partial charge on any atom is -0.380 e. The smallest absolute Gasteiger partial charge is 0.0853 e. The molecule has 1 saturated carbocycles. The fourth-order valence-electron chi connectivity index (χ4n) is 2.91. The maximum absolute atomic E-state index is 4.48. The van der Waals surface area contributed by atoms with E-state index in [9.17, 15) is 0 Å². The van der Waals surface area contributed by atoms with Gasteiger partial charge in [0.2, 0.25) is 0 Å². The van der Waals surface area contributed by atoms with Crippen LogP contribution in [0.1, 0.15) is 51.6 Å². The summed E-state index contributed by atoms with van der Waals surface area (Å²) in [5, 5.41) is 8.15. The van der Waals surface area contributed by atoms with E-state index in [-0.39, 0.29) is 0 Å². The van der Waals surface area contributed by atoms with Gasteiger partial charge in [0, 0.05) is 19.3 Å². The Balaban J connectivity index is 1.98. The third kappa shape index (κ3) is 3.02. The topological polar surface area (TPSA) is 29.9 Å². The van der Waals surface area contributed by atoms with Crippen molar-refractivity contribution in [2.45, 2.75) is 58.4 Å². The highest BCUT2D eigenvalue weighted by Gasteiger charge is 2.20. The molecule has 1 aromatic heterocycles. The lowest BCUT2D eigenvalue weighted by Gasteiger charge is -2.28. The number of anilines is 1. The first-order valence-electron chi connectivity index (χ1n) is 6.99. The summed E-state index contributed by atoms with van der Waals surface area (Å²) in [6, 6.07) is 0.574. The van der Waals surface area contributed by atoms with Crippen molar-refractivity contribution in [3.8, 4) is 0 Å².